The number of amides is 2. The number of nitrogens with two attached hydrogens (primary N) is 1. The van der Waals surface area contributed by atoms with E-state index in [1.54, 1.807) is 36.0 Å². The fraction of sp³-hybridized carbons (Fsp3) is 0.222. The Balaban J connectivity index is 1.88. The second-order valence-corrected chi connectivity index (χ2v) is 5.97. The first kappa shape index (κ1) is 16.6. The zero-order chi connectivity index (χ0) is 18.1. The molecular formula is C18H19N5O2. The third kappa shape index (κ3) is 3.21. The summed E-state index contributed by atoms with van der Waals surface area (Å²) >= 11 is 0. The Labute approximate surface area is 144 Å². The van der Waals surface area contributed by atoms with Gasteiger partial charge in [0.2, 0.25) is 5.91 Å². The number of aromatic nitrogens is 3. The monoisotopic (exact) mass is 337 g/mol. The van der Waals surface area contributed by atoms with Crippen molar-refractivity contribution in [2.75, 3.05) is 0 Å². The quantitative estimate of drug-likeness (QED) is 0.755. The van der Waals surface area contributed by atoms with Crippen molar-refractivity contribution in [2.45, 2.75) is 20.4 Å². The fourth-order valence-corrected chi connectivity index (χ4v) is 2.86. The number of pyridine rings is 1. The van der Waals surface area contributed by atoms with E-state index in [2.05, 4.69) is 15.4 Å². The molecule has 0 aliphatic heterocycles. The maximum atomic E-state index is 12.7. The summed E-state index contributed by atoms with van der Waals surface area (Å²) in [6, 6.07) is 8.64. The maximum Gasteiger partial charge on any atom is 0.252 e. The standard InChI is InChI=1S/C18H19N5O2/c1-10-7-14(15-11(2)22-23(3)17(15)21-10)18(25)20-9-12-5-4-6-13(8-12)16(19)24/h4-8H,9H2,1-3H3,(H2,19,24)(H,20,25). The minimum absolute atomic E-state index is 0.212. The normalized spacial score (nSPS) is 10.8. The summed E-state index contributed by atoms with van der Waals surface area (Å²) in [6.45, 7) is 3.99. The Hall–Kier alpha value is -3.22. The number of carbonyl (C=O) groups is 2. The molecule has 0 saturated carbocycles. The molecule has 0 unspecified atom stereocenters. The molecule has 0 spiro atoms. The minimum Gasteiger partial charge on any atom is -0.366 e. The molecule has 0 aliphatic carbocycles. The molecular weight excluding hydrogens is 318 g/mol. The summed E-state index contributed by atoms with van der Waals surface area (Å²) in [4.78, 5) is 28.4. The van der Waals surface area contributed by atoms with Crippen molar-refractivity contribution in [1.29, 1.82) is 0 Å². The highest BCUT2D eigenvalue weighted by atomic mass is 16.2. The molecule has 7 nitrogen and oxygen atoms in total. The highest BCUT2D eigenvalue weighted by molar-refractivity contribution is 6.06. The van der Waals surface area contributed by atoms with Crippen LogP contribution < -0.4 is 11.1 Å². The van der Waals surface area contributed by atoms with Gasteiger partial charge in [0, 0.05) is 24.8 Å². The first-order valence-corrected chi connectivity index (χ1v) is 7.84. The van der Waals surface area contributed by atoms with Crippen molar-refractivity contribution >= 4 is 22.8 Å². The van der Waals surface area contributed by atoms with Gasteiger partial charge in [0.05, 0.1) is 16.6 Å². The third-order valence-corrected chi connectivity index (χ3v) is 4.01. The molecule has 3 N–H and O–H groups in total. The first-order valence-electron chi connectivity index (χ1n) is 7.84. The van der Waals surface area contributed by atoms with E-state index >= 15 is 0 Å². The van der Waals surface area contributed by atoms with Gasteiger partial charge < -0.3 is 11.1 Å². The average Bonchev–Trinajstić information content (AvgIpc) is 2.86. The van der Waals surface area contributed by atoms with Crippen LogP contribution in [0.2, 0.25) is 0 Å². The van der Waals surface area contributed by atoms with E-state index in [-0.39, 0.29) is 5.91 Å². The number of rotatable bonds is 4. The highest BCUT2D eigenvalue weighted by Gasteiger charge is 2.17. The van der Waals surface area contributed by atoms with Gasteiger partial charge >= 0.3 is 0 Å². The van der Waals surface area contributed by atoms with Crippen LogP contribution in [0.25, 0.3) is 11.0 Å². The maximum absolute atomic E-state index is 12.7. The molecule has 3 rings (SSSR count). The van der Waals surface area contributed by atoms with Crippen LogP contribution in [0.3, 0.4) is 0 Å². The predicted octanol–water partition coefficient (Wildman–Crippen LogP) is 1.61. The highest BCUT2D eigenvalue weighted by Crippen LogP contribution is 2.21. The van der Waals surface area contributed by atoms with Crippen LogP contribution in [0.4, 0.5) is 0 Å². The van der Waals surface area contributed by atoms with Gasteiger partial charge in [-0.3, -0.25) is 14.3 Å². The summed E-state index contributed by atoms with van der Waals surface area (Å²) in [5, 5.41) is 7.97. The lowest BCUT2D eigenvalue weighted by Gasteiger charge is -2.08. The molecule has 0 atom stereocenters. The van der Waals surface area contributed by atoms with Crippen molar-refractivity contribution in [3.63, 3.8) is 0 Å². The molecule has 3 aromatic rings. The lowest BCUT2D eigenvalue weighted by molar-refractivity contribution is 0.0951. The second-order valence-electron chi connectivity index (χ2n) is 5.97. The second kappa shape index (κ2) is 6.35. The Morgan fingerprint density at radius 2 is 2.00 bits per heavy atom. The molecule has 25 heavy (non-hydrogen) atoms. The van der Waals surface area contributed by atoms with Crippen LogP contribution in [-0.2, 0) is 13.6 Å². The van der Waals surface area contributed by atoms with Gasteiger partial charge in [-0.25, -0.2) is 4.98 Å². The van der Waals surface area contributed by atoms with E-state index in [4.69, 9.17) is 5.73 Å². The Kier molecular flexibility index (Phi) is 4.22. The van der Waals surface area contributed by atoms with Gasteiger partial charge in [-0.1, -0.05) is 12.1 Å². The summed E-state index contributed by atoms with van der Waals surface area (Å²) in [5.41, 5.74) is 9.22. The van der Waals surface area contributed by atoms with E-state index in [9.17, 15) is 9.59 Å². The number of carbonyl (C=O) groups excluding carboxylic acids is 2. The van der Waals surface area contributed by atoms with Gasteiger partial charge in [0.25, 0.3) is 5.91 Å². The number of aryl methyl sites for hydroxylation is 3. The van der Waals surface area contributed by atoms with E-state index in [1.807, 2.05) is 19.9 Å². The lowest BCUT2D eigenvalue weighted by atomic mass is 10.1. The predicted molar refractivity (Wildman–Crippen MR) is 94.1 cm³/mol. The smallest absolute Gasteiger partial charge is 0.252 e. The number of nitrogens with one attached hydrogen (secondary N) is 1. The van der Waals surface area contributed by atoms with Crippen LogP contribution in [-0.4, -0.2) is 26.6 Å². The number of primary amides is 1. The van der Waals surface area contributed by atoms with Gasteiger partial charge in [0.15, 0.2) is 5.65 Å². The van der Waals surface area contributed by atoms with Crippen molar-refractivity contribution in [3.05, 3.63) is 58.4 Å². The zero-order valence-electron chi connectivity index (χ0n) is 14.3. The zero-order valence-corrected chi connectivity index (χ0v) is 14.3. The molecule has 0 aliphatic rings. The topological polar surface area (TPSA) is 103 Å². The van der Waals surface area contributed by atoms with E-state index in [1.165, 1.54) is 0 Å². The molecule has 0 saturated heterocycles. The number of fused-ring (bicyclic) bond motifs is 1. The van der Waals surface area contributed by atoms with Crippen molar-refractivity contribution in [1.82, 2.24) is 20.1 Å². The van der Waals surface area contributed by atoms with E-state index in [0.717, 1.165) is 22.3 Å². The summed E-state index contributed by atoms with van der Waals surface area (Å²) in [6.07, 6.45) is 0. The number of hydrogen-bond acceptors (Lipinski definition) is 4. The molecule has 2 aromatic heterocycles. The summed E-state index contributed by atoms with van der Waals surface area (Å²) in [5.74, 6) is -0.707. The summed E-state index contributed by atoms with van der Waals surface area (Å²) < 4.78 is 1.67. The van der Waals surface area contributed by atoms with Crippen LogP contribution in [0.1, 0.15) is 37.7 Å². The van der Waals surface area contributed by atoms with Crippen LogP contribution in [0, 0.1) is 13.8 Å². The van der Waals surface area contributed by atoms with Gasteiger partial charge in [-0.05, 0) is 37.6 Å². The molecule has 0 fully saturated rings. The molecule has 2 amide bonds. The molecule has 1 aromatic carbocycles. The van der Waals surface area contributed by atoms with E-state index in [0.29, 0.717) is 23.3 Å². The van der Waals surface area contributed by atoms with Crippen LogP contribution in [0.15, 0.2) is 30.3 Å². The summed E-state index contributed by atoms with van der Waals surface area (Å²) in [7, 11) is 1.80. The van der Waals surface area contributed by atoms with Crippen molar-refractivity contribution < 1.29 is 9.59 Å². The van der Waals surface area contributed by atoms with Crippen LogP contribution in [0.5, 0.6) is 0 Å². The minimum atomic E-state index is -0.495. The van der Waals surface area contributed by atoms with Gasteiger partial charge in [0.1, 0.15) is 0 Å². The number of hydrogen-bond donors (Lipinski definition) is 2. The Morgan fingerprint density at radius 3 is 2.72 bits per heavy atom. The lowest BCUT2D eigenvalue weighted by Crippen LogP contribution is -2.23. The third-order valence-electron chi connectivity index (χ3n) is 4.01. The Morgan fingerprint density at radius 1 is 1.24 bits per heavy atom. The molecule has 0 bridgehead atoms. The average molecular weight is 337 g/mol. The molecule has 0 radical (unpaired) electrons. The van der Waals surface area contributed by atoms with Crippen molar-refractivity contribution in [2.24, 2.45) is 12.8 Å². The van der Waals surface area contributed by atoms with E-state index < -0.39 is 5.91 Å². The Bertz CT molecular complexity index is 991. The van der Waals surface area contributed by atoms with Gasteiger partial charge in [-0.15, -0.1) is 0 Å². The fourth-order valence-electron chi connectivity index (χ4n) is 2.86. The molecule has 7 heteroatoms. The number of benzene rings is 1. The number of nitrogens with zero attached hydrogens (tertiary/aromatic N) is 3. The largest absolute Gasteiger partial charge is 0.366 e. The molecule has 128 valence electrons. The molecule has 2 heterocycles. The van der Waals surface area contributed by atoms with Crippen molar-refractivity contribution in [3.8, 4) is 0 Å². The first-order chi connectivity index (χ1) is 11.9. The van der Waals surface area contributed by atoms with Gasteiger partial charge in [-0.2, -0.15) is 5.10 Å². The van der Waals surface area contributed by atoms with Crippen LogP contribution >= 0.6 is 0 Å². The SMILES string of the molecule is Cc1cc(C(=O)NCc2cccc(C(N)=O)c2)c2c(C)nn(C)c2n1.